The monoisotopic (exact) mass is 444 g/mol. The summed E-state index contributed by atoms with van der Waals surface area (Å²) in [5.74, 6) is 4.23. The Morgan fingerprint density at radius 2 is 1.94 bits per heavy atom. The van der Waals surface area contributed by atoms with E-state index in [0.717, 1.165) is 12.0 Å². The first-order valence-corrected chi connectivity index (χ1v) is 14.1. The van der Waals surface area contributed by atoms with Crippen LogP contribution in [0, 0.1) is 23.2 Å². The minimum atomic E-state index is -2.00. The molecule has 0 saturated carbocycles. The van der Waals surface area contributed by atoms with Crippen molar-refractivity contribution in [2.75, 3.05) is 6.61 Å². The highest BCUT2D eigenvalue weighted by atomic mass is 28.4. The molecule has 0 bridgehead atoms. The number of ether oxygens (including phenoxy) is 1. The third kappa shape index (κ3) is 7.62. The Bertz CT molecular complexity index is 801. The zero-order chi connectivity index (χ0) is 23.9. The Labute approximate surface area is 190 Å². The molecule has 0 spiro atoms. The van der Waals surface area contributed by atoms with E-state index in [9.17, 15) is 9.59 Å². The van der Waals surface area contributed by atoms with Crippen molar-refractivity contribution in [1.82, 2.24) is 0 Å². The Morgan fingerprint density at radius 3 is 2.48 bits per heavy atom. The van der Waals surface area contributed by atoms with Gasteiger partial charge in [-0.15, -0.1) is 0 Å². The van der Waals surface area contributed by atoms with Crippen LogP contribution in [0.5, 0.6) is 0 Å². The Morgan fingerprint density at radius 1 is 1.29 bits per heavy atom. The van der Waals surface area contributed by atoms with Gasteiger partial charge in [0.15, 0.2) is 8.32 Å². The lowest BCUT2D eigenvalue weighted by Crippen LogP contribution is -2.43. The number of allylic oxidation sites excluding steroid dienone is 5. The fourth-order valence-corrected chi connectivity index (χ4v) is 4.62. The molecule has 5 heteroatoms. The van der Waals surface area contributed by atoms with E-state index in [4.69, 9.17) is 9.16 Å². The number of carbonyl (C=O) groups excluding carboxylic acids is 2. The molecule has 0 N–H and O–H groups in total. The van der Waals surface area contributed by atoms with Gasteiger partial charge < -0.3 is 9.16 Å². The molecular weight excluding hydrogens is 404 g/mol. The predicted octanol–water partition coefficient (Wildman–Crippen LogP) is 6.01. The molecule has 0 aliphatic heterocycles. The van der Waals surface area contributed by atoms with Crippen molar-refractivity contribution in [3.63, 3.8) is 0 Å². The smallest absolute Gasteiger partial charge is 0.384 e. The predicted molar refractivity (Wildman–Crippen MR) is 130 cm³/mol. The summed E-state index contributed by atoms with van der Waals surface area (Å²) >= 11 is 0. The van der Waals surface area contributed by atoms with Crippen LogP contribution in [0.1, 0.15) is 61.3 Å². The topological polar surface area (TPSA) is 52.6 Å². The van der Waals surface area contributed by atoms with E-state index >= 15 is 0 Å². The molecule has 0 heterocycles. The second kappa shape index (κ2) is 11.1. The molecule has 0 amide bonds. The van der Waals surface area contributed by atoms with Crippen LogP contribution in [0.4, 0.5) is 0 Å². The average molecular weight is 445 g/mol. The van der Waals surface area contributed by atoms with Crippen LogP contribution < -0.4 is 0 Å². The fraction of sp³-hybridized carbons (Fsp3) is 0.615. The molecular formula is C26H40O4Si. The molecule has 3 atom stereocenters. The largest absolute Gasteiger partial charge is 0.456 e. The van der Waals surface area contributed by atoms with Crippen molar-refractivity contribution in [3.05, 3.63) is 36.0 Å². The first-order valence-electron chi connectivity index (χ1n) is 11.2. The minimum absolute atomic E-state index is 0.0796. The summed E-state index contributed by atoms with van der Waals surface area (Å²) in [7, 11) is -2.00. The van der Waals surface area contributed by atoms with Crippen molar-refractivity contribution in [1.29, 1.82) is 0 Å². The molecule has 0 saturated heterocycles. The number of rotatable bonds is 8. The second-order valence-electron chi connectivity index (χ2n) is 10.0. The fourth-order valence-electron chi connectivity index (χ4n) is 3.36. The minimum Gasteiger partial charge on any atom is -0.456 e. The third-order valence-electron chi connectivity index (χ3n) is 6.30. The standard InChI is InChI=1S/C26H40O4Si/c1-10-12-13-14-20(3)17-21-18-22(30-31(8,9)25(4,5)6)19-26(21,7)23(27)15-16-24(28)29-11-2/h10,12-14,18,20,22H,11,17,19H2,1-9H3/b12-10+,14-13-/t20-,22+,26+/m1/s1. The van der Waals surface area contributed by atoms with Gasteiger partial charge in [-0.3, -0.25) is 4.79 Å². The van der Waals surface area contributed by atoms with Gasteiger partial charge >= 0.3 is 5.97 Å². The van der Waals surface area contributed by atoms with Gasteiger partial charge in [-0.2, -0.15) is 0 Å². The first-order chi connectivity index (χ1) is 14.3. The van der Waals surface area contributed by atoms with Crippen LogP contribution >= 0.6 is 0 Å². The Hall–Kier alpha value is -1.90. The molecule has 1 aliphatic rings. The van der Waals surface area contributed by atoms with Crippen LogP contribution in [0.25, 0.3) is 0 Å². The van der Waals surface area contributed by atoms with Gasteiger partial charge in [0.1, 0.15) is 0 Å². The number of hydrogen-bond donors (Lipinski definition) is 0. The van der Waals surface area contributed by atoms with E-state index in [1.54, 1.807) is 6.92 Å². The highest BCUT2D eigenvalue weighted by Crippen LogP contribution is 2.46. The Balaban J connectivity index is 3.20. The summed E-state index contributed by atoms with van der Waals surface area (Å²) in [6, 6.07) is 0. The number of esters is 1. The zero-order valence-corrected chi connectivity index (χ0v) is 21.8. The van der Waals surface area contributed by atoms with Crippen molar-refractivity contribution >= 4 is 20.1 Å². The molecule has 4 nitrogen and oxygen atoms in total. The summed E-state index contributed by atoms with van der Waals surface area (Å²) < 4.78 is 11.5. The maximum atomic E-state index is 13.1. The molecule has 31 heavy (non-hydrogen) atoms. The summed E-state index contributed by atoms with van der Waals surface area (Å²) in [4.78, 5) is 24.8. The van der Waals surface area contributed by atoms with Gasteiger partial charge in [0.05, 0.1) is 18.1 Å². The number of ketones is 1. The van der Waals surface area contributed by atoms with E-state index < -0.39 is 19.7 Å². The molecule has 0 aromatic rings. The van der Waals surface area contributed by atoms with Gasteiger partial charge in [-0.25, -0.2) is 4.79 Å². The lowest BCUT2D eigenvalue weighted by atomic mass is 9.76. The molecule has 172 valence electrons. The number of carbonyl (C=O) groups is 2. The normalized spacial score (nSPS) is 22.9. The second-order valence-corrected chi connectivity index (χ2v) is 14.8. The van der Waals surface area contributed by atoms with Crippen molar-refractivity contribution in [2.45, 2.75) is 85.5 Å². The summed E-state index contributed by atoms with van der Waals surface area (Å²) in [6.45, 7) is 19.1. The van der Waals surface area contributed by atoms with Crippen LogP contribution in [-0.4, -0.2) is 32.8 Å². The van der Waals surface area contributed by atoms with Gasteiger partial charge in [0.2, 0.25) is 5.78 Å². The number of Topliss-reactive ketones (excluding diaryl/α,β-unsaturated/α-hetero) is 1. The van der Waals surface area contributed by atoms with Crippen LogP contribution in [0.2, 0.25) is 18.1 Å². The van der Waals surface area contributed by atoms with Crippen LogP contribution in [-0.2, 0) is 18.8 Å². The van der Waals surface area contributed by atoms with E-state index in [1.165, 1.54) is 0 Å². The van der Waals surface area contributed by atoms with Crippen molar-refractivity contribution < 1.29 is 18.8 Å². The van der Waals surface area contributed by atoms with E-state index in [2.05, 4.69) is 64.8 Å². The molecule has 0 aromatic carbocycles. The highest BCUT2D eigenvalue weighted by Gasteiger charge is 2.46. The molecule has 0 fully saturated rings. The van der Waals surface area contributed by atoms with Gasteiger partial charge in [-0.05, 0) is 63.6 Å². The zero-order valence-electron chi connectivity index (χ0n) is 20.8. The lowest BCUT2D eigenvalue weighted by molar-refractivity contribution is -0.136. The molecule has 1 aliphatic carbocycles. The number of hydrogen-bond acceptors (Lipinski definition) is 4. The van der Waals surface area contributed by atoms with Gasteiger partial charge in [0.25, 0.3) is 0 Å². The van der Waals surface area contributed by atoms with E-state index in [1.807, 2.05) is 32.1 Å². The lowest BCUT2D eigenvalue weighted by Gasteiger charge is -2.38. The molecule has 1 rings (SSSR count). The summed E-state index contributed by atoms with van der Waals surface area (Å²) in [5.41, 5.74) is 0.270. The summed E-state index contributed by atoms with van der Waals surface area (Å²) in [6.07, 6.45) is 11.5. The van der Waals surface area contributed by atoms with Crippen LogP contribution in [0.15, 0.2) is 36.0 Å². The van der Waals surface area contributed by atoms with Gasteiger partial charge in [0, 0.05) is 5.92 Å². The highest BCUT2D eigenvalue weighted by molar-refractivity contribution is 6.74. The first kappa shape index (κ1) is 27.1. The molecule has 0 unspecified atom stereocenters. The Kier molecular flexibility index (Phi) is 9.72. The maximum Gasteiger partial charge on any atom is 0.384 e. The van der Waals surface area contributed by atoms with E-state index in [-0.39, 0.29) is 29.5 Å². The van der Waals surface area contributed by atoms with Crippen molar-refractivity contribution in [2.24, 2.45) is 11.3 Å². The molecule has 0 radical (unpaired) electrons. The van der Waals surface area contributed by atoms with Crippen molar-refractivity contribution in [3.8, 4) is 11.8 Å². The average Bonchev–Trinajstić information content (AvgIpc) is 2.94. The molecule has 0 aromatic heterocycles. The van der Waals surface area contributed by atoms with Crippen LogP contribution in [0.3, 0.4) is 0 Å². The quantitative estimate of drug-likeness (QED) is 0.0875. The summed E-state index contributed by atoms with van der Waals surface area (Å²) in [5, 5.41) is 0.0796. The SMILES string of the molecule is C/C=C/C=C\[C@@H](C)CC1=C[C@H](O[Si](C)(C)C(C)(C)C)C[C@]1(C)C(=O)C#CC(=O)OCC. The van der Waals surface area contributed by atoms with Gasteiger partial charge in [-0.1, -0.05) is 63.6 Å². The maximum absolute atomic E-state index is 13.1. The third-order valence-corrected chi connectivity index (χ3v) is 10.8. The van der Waals surface area contributed by atoms with E-state index in [0.29, 0.717) is 6.42 Å².